The van der Waals surface area contributed by atoms with Crippen LogP contribution in [-0.4, -0.2) is 54.9 Å². The Kier molecular flexibility index (Phi) is 10.6. The van der Waals surface area contributed by atoms with Gasteiger partial charge >= 0.3 is 0 Å². The molecule has 12 nitrogen and oxygen atoms in total. The number of phenolic OH excluding ortho intramolecular Hbond substituents is 1. The molecule has 5 aromatic carbocycles. The number of aryl methyl sites for hydroxylation is 1. The molecule has 1 saturated carbocycles. The number of methoxy groups -OCH3 is 1. The van der Waals surface area contributed by atoms with E-state index in [4.69, 9.17) is 4.74 Å². The van der Waals surface area contributed by atoms with Gasteiger partial charge < -0.3 is 14.7 Å². The highest BCUT2D eigenvalue weighted by molar-refractivity contribution is 9.13. The van der Waals surface area contributed by atoms with Crippen molar-refractivity contribution in [2.24, 2.45) is 33.9 Å². The Labute approximate surface area is 375 Å². The van der Waals surface area contributed by atoms with Gasteiger partial charge in [-0.05, 0) is 135 Å². The molecule has 5 aromatic rings. The van der Waals surface area contributed by atoms with Gasteiger partial charge in [0.15, 0.2) is 11.5 Å². The minimum Gasteiger partial charge on any atom is -0.503 e. The summed E-state index contributed by atoms with van der Waals surface area (Å²) in [4.78, 5) is 63.2. The van der Waals surface area contributed by atoms with Crippen LogP contribution in [-0.2, 0) is 24.6 Å². The summed E-state index contributed by atoms with van der Waals surface area (Å²) in [6.07, 6.45) is 2.36. The van der Waals surface area contributed by atoms with Crippen LogP contribution in [0.1, 0.15) is 35.4 Å². The molecule has 2 aliphatic heterocycles. The quantitative estimate of drug-likeness (QED) is 0.0845. The summed E-state index contributed by atoms with van der Waals surface area (Å²) in [5.41, 5.74) is 7.82. The SMILES string of the molecule is COc1cc([C@H]2C3=CC[C@@H]4C(=O)N(c5ccc(N=Nc6ccc(N(C)C)cc6)cc5)C(=O)[C@@H]4[C@@H]3C[C@H]3C(=O)N(Nc4ccc(C)cc4)C(=O)[C@@]23c2ccccc2)c(Br)c(Br)c1O. The highest BCUT2D eigenvalue weighted by Gasteiger charge is 2.70. The number of carbonyl (C=O) groups excluding carboxylic acids is 4. The molecule has 0 radical (unpaired) electrons. The number of halogens is 2. The third-order valence-electron chi connectivity index (χ3n) is 12.9. The average Bonchev–Trinajstić information content (AvgIpc) is 3.67. The van der Waals surface area contributed by atoms with E-state index in [1.807, 2.05) is 111 Å². The number of hydrogen-bond acceptors (Lipinski definition) is 10. The molecule has 2 N–H and O–H groups in total. The number of phenols is 1. The van der Waals surface area contributed by atoms with Gasteiger partial charge in [0, 0.05) is 30.2 Å². The van der Waals surface area contributed by atoms with E-state index in [1.54, 1.807) is 30.3 Å². The Morgan fingerprint density at radius 1 is 0.806 bits per heavy atom. The number of rotatable bonds is 9. The molecular weight excluding hydrogens is 916 g/mol. The van der Waals surface area contributed by atoms with Crippen molar-refractivity contribution in [3.8, 4) is 11.5 Å². The van der Waals surface area contributed by atoms with Gasteiger partial charge in [0.25, 0.3) is 11.8 Å². The first-order valence-corrected chi connectivity index (χ1v) is 21.8. The molecule has 0 bridgehead atoms. The van der Waals surface area contributed by atoms with Crippen LogP contribution in [0.15, 0.2) is 140 Å². The second-order valence-electron chi connectivity index (χ2n) is 16.4. The first kappa shape index (κ1) is 41.2. The number of nitrogens with zero attached hydrogens (tertiary/aromatic N) is 5. The molecule has 2 aliphatic carbocycles. The zero-order valence-corrected chi connectivity index (χ0v) is 37.4. The molecule has 4 amide bonds. The largest absolute Gasteiger partial charge is 0.503 e. The minimum absolute atomic E-state index is 0.130. The van der Waals surface area contributed by atoms with E-state index in [9.17, 15) is 14.7 Å². The molecule has 62 heavy (non-hydrogen) atoms. The maximum absolute atomic E-state index is 15.6. The standard InChI is InChI=1S/C48H42Br2N6O6/c1-26-10-12-30(13-11-26)53-56-45(59)37-24-35-33(40(36-25-38(62-4)43(57)42(50)41(36)49)48(37,47(56)61)27-8-6-5-7-9-27)22-23-34-39(35)46(60)55(44(34)58)32-20-16-29(17-21-32)52-51-28-14-18-31(19-15-28)54(2)3/h5-22,25,34-35,37,39-40,53,57H,23-24H2,1-4H3/t34-,35+,37-,39-,40+,48+/m0/s1. The van der Waals surface area contributed by atoms with Crippen LogP contribution in [0.5, 0.6) is 11.5 Å². The van der Waals surface area contributed by atoms with E-state index in [-0.39, 0.29) is 36.2 Å². The van der Waals surface area contributed by atoms with Gasteiger partial charge in [-0.25, -0.2) is 0 Å². The van der Waals surface area contributed by atoms with Crippen molar-refractivity contribution in [3.05, 3.63) is 146 Å². The summed E-state index contributed by atoms with van der Waals surface area (Å²) in [5, 5.41) is 21.0. The number of anilines is 3. The maximum atomic E-state index is 15.6. The fraction of sp³-hybridized carbons (Fsp3) is 0.250. The lowest BCUT2D eigenvalue weighted by Gasteiger charge is -2.51. The first-order chi connectivity index (χ1) is 29.8. The van der Waals surface area contributed by atoms with E-state index < -0.39 is 46.8 Å². The lowest BCUT2D eigenvalue weighted by atomic mass is 9.49. The molecular formula is C48H42Br2N6O6. The Morgan fingerprint density at radius 2 is 1.45 bits per heavy atom. The van der Waals surface area contributed by atoms with Crippen molar-refractivity contribution in [1.29, 1.82) is 0 Å². The summed E-state index contributed by atoms with van der Waals surface area (Å²) >= 11 is 7.30. The van der Waals surface area contributed by atoms with E-state index in [2.05, 4.69) is 47.5 Å². The average molecular weight is 959 g/mol. The number of hydrogen-bond donors (Lipinski definition) is 2. The van der Waals surface area contributed by atoms with Crippen LogP contribution in [0.2, 0.25) is 0 Å². The molecule has 0 unspecified atom stereocenters. The van der Waals surface area contributed by atoms with Gasteiger partial charge in [-0.2, -0.15) is 15.2 Å². The van der Waals surface area contributed by atoms with Crippen molar-refractivity contribution in [3.63, 3.8) is 0 Å². The van der Waals surface area contributed by atoms with Crippen molar-refractivity contribution in [1.82, 2.24) is 5.01 Å². The number of ether oxygens (including phenoxy) is 1. The predicted octanol–water partition coefficient (Wildman–Crippen LogP) is 9.91. The molecule has 9 rings (SSSR count). The van der Waals surface area contributed by atoms with Gasteiger partial charge in [0.1, 0.15) is 0 Å². The second-order valence-corrected chi connectivity index (χ2v) is 18.0. The number of allylic oxidation sites excluding steroid dienone is 2. The highest BCUT2D eigenvalue weighted by Crippen LogP contribution is 2.65. The number of hydrazine groups is 1. The van der Waals surface area contributed by atoms with Crippen molar-refractivity contribution >= 4 is 83.9 Å². The number of amides is 4. The number of benzene rings is 5. The number of carbonyl (C=O) groups is 4. The molecule has 4 aliphatic rings. The lowest BCUT2D eigenvalue weighted by Crippen LogP contribution is -2.53. The molecule has 314 valence electrons. The summed E-state index contributed by atoms with van der Waals surface area (Å²) in [5.74, 6) is -5.51. The topological polar surface area (TPSA) is 144 Å². The van der Waals surface area contributed by atoms with Crippen LogP contribution in [0.25, 0.3) is 0 Å². The van der Waals surface area contributed by atoms with E-state index in [0.717, 1.165) is 21.8 Å². The zero-order valence-electron chi connectivity index (χ0n) is 34.3. The first-order valence-electron chi connectivity index (χ1n) is 20.2. The summed E-state index contributed by atoms with van der Waals surface area (Å²) in [7, 11) is 5.37. The number of azo groups is 1. The summed E-state index contributed by atoms with van der Waals surface area (Å²) in [6.45, 7) is 1.95. The monoisotopic (exact) mass is 956 g/mol. The Balaban J connectivity index is 1.13. The van der Waals surface area contributed by atoms with Crippen LogP contribution in [0.3, 0.4) is 0 Å². The van der Waals surface area contributed by atoms with Gasteiger partial charge in [-0.15, -0.1) is 0 Å². The fourth-order valence-electron chi connectivity index (χ4n) is 9.92. The Bertz CT molecular complexity index is 2690. The minimum atomic E-state index is -1.51. The van der Waals surface area contributed by atoms with E-state index in [0.29, 0.717) is 42.8 Å². The molecule has 14 heteroatoms. The normalized spacial score (nSPS) is 24.2. The summed E-state index contributed by atoms with van der Waals surface area (Å²) < 4.78 is 6.43. The molecule has 2 heterocycles. The van der Waals surface area contributed by atoms with Crippen LogP contribution in [0, 0.1) is 30.6 Å². The number of imide groups is 2. The van der Waals surface area contributed by atoms with Crippen molar-refractivity contribution < 1.29 is 29.0 Å². The van der Waals surface area contributed by atoms with E-state index in [1.165, 1.54) is 12.0 Å². The lowest BCUT2D eigenvalue weighted by molar-refractivity contribution is -0.138. The van der Waals surface area contributed by atoms with Gasteiger partial charge in [0.2, 0.25) is 11.8 Å². The molecule has 0 spiro atoms. The fourth-order valence-corrected chi connectivity index (χ4v) is 10.9. The van der Waals surface area contributed by atoms with Crippen molar-refractivity contribution in [2.45, 2.75) is 31.1 Å². The maximum Gasteiger partial charge on any atom is 0.260 e. The Morgan fingerprint density at radius 3 is 2.08 bits per heavy atom. The van der Waals surface area contributed by atoms with Crippen LogP contribution >= 0.6 is 31.9 Å². The molecule has 0 aromatic heterocycles. The highest BCUT2D eigenvalue weighted by atomic mass is 79.9. The van der Waals surface area contributed by atoms with E-state index >= 15 is 9.59 Å². The Hall–Kier alpha value is -6.12. The third kappa shape index (κ3) is 6.53. The van der Waals surface area contributed by atoms with Crippen LogP contribution in [0.4, 0.5) is 28.4 Å². The third-order valence-corrected chi connectivity index (χ3v) is 15.0. The zero-order chi connectivity index (χ0) is 43.6. The van der Waals surface area contributed by atoms with Gasteiger partial charge in [-0.3, -0.25) is 29.5 Å². The molecule has 3 fully saturated rings. The summed E-state index contributed by atoms with van der Waals surface area (Å²) in [6, 6.07) is 32.9. The smallest absolute Gasteiger partial charge is 0.260 e. The molecule has 6 atom stereocenters. The van der Waals surface area contributed by atoms with Crippen LogP contribution < -0.4 is 20.0 Å². The number of fused-ring (bicyclic) bond motifs is 4. The number of nitrogens with one attached hydrogen (secondary N) is 1. The predicted molar refractivity (Wildman–Crippen MR) is 243 cm³/mol. The van der Waals surface area contributed by atoms with Crippen molar-refractivity contribution in [2.75, 3.05) is 36.4 Å². The van der Waals surface area contributed by atoms with Gasteiger partial charge in [0.05, 0.1) is 57.5 Å². The number of aromatic hydroxyl groups is 1. The second kappa shape index (κ2) is 16.0. The molecule has 2 saturated heterocycles. The van der Waals surface area contributed by atoms with Gasteiger partial charge in [-0.1, -0.05) is 59.7 Å².